The van der Waals surface area contributed by atoms with Gasteiger partial charge < -0.3 is 10.0 Å². The lowest BCUT2D eigenvalue weighted by Gasteiger charge is -2.41. The molecule has 0 aliphatic carbocycles. The fraction of sp³-hybridized carbons (Fsp3) is 0.667. The van der Waals surface area contributed by atoms with Gasteiger partial charge in [-0.3, -0.25) is 4.90 Å². The average molecular weight is 182 g/mol. The van der Waals surface area contributed by atoms with Crippen molar-refractivity contribution in [2.45, 2.75) is 12.5 Å². The Bertz CT molecular complexity index is 240. The monoisotopic (exact) mass is 182 g/mol. The van der Waals surface area contributed by atoms with Crippen LogP contribution < -0.4 is 0 Å². The van der Waals surface area contributed by atoms with Gasteiger partial charge in [-0.05, 0) is 6.42 Å². The molecule has 2 aliphatic rings. The van der Waals surface area contributed by atoms with Crippen LogP contribution in [0.1, 0.15) is 6.42 Å². The smallest absolute Gasteiger partial charge is 0.407 e. The molecule has 0 saturated carbocycles. The normalized spacial score (nSPS) is 28.6. The fourth-order valence-electron chi connectivity index (χ4n) is 1.99. The minimum Gasteiger partial charge on any atom is -0.465 e. The van der Waals surface area contributed by atoms with Gasteiger partial charge in [0.05, 0.1) is 0 Å². The first-order valence-corrected chi connectivity index (χ1v) is 4.64. The van der Waals surface area contributed by atoms with Crippen LogP contribution in [0.2, 0.25) is 0 Å². The van der Waals surface area contributed by atoms with Gasteiger partial charge in [-0.15, -0.1) is 0 Å². The number of fused-ring (bicyclic) bond motifs is 1. The zero-order valence-corrected chi connectivity index (χ0v) is 7.52. The van der Waals surface area contributed by atoms with Gasteiger partial charge in [0.2, 0.25) is 0 Å². The van der Waals surface area contributed by atoms with Crippen molar-refractivity contribution in [1.82, 2.24) is 9.80 Å². The lowest BCUT2D eigenvalue weighted by Crippen LogP contribution is -2.55. The van der Waals surface area contributed by atoms with Crippen LogP contribution in [0.3, 0.4) is 0 Å². The van der Waals surface area contributed by atoms with Crippen molar-refractivity contribution < 1.29 is 9.90 Å². The molecule has 1 fully saturated rings. The highest BCUT2D eigenvalue weighted by Crippen LogP contribution is 2.16. The number of hydrogen-bond acceptors (Lipinski definition) is 2. The van der Waals surface area contributed by atoms with Crippen LogP contribution in [0.25, 0.3) is 0 Å². The van der Waals surface area contributed by atoms with Gasteiger partial charge in [-0.2, -0.15) is 0 Å². The van der Waals surface area contributed by atoms with Crippen molar-refractivity contribution in [2.75, 3.05) is 26.2 Å². The molecule has 0 aromatic heterocycles. The quantitative estimate of drug-likeness (QED) is 0.558. The standard InChI is InChI=1S/C9H14N2O2/c12-9(13)11-6-5-10-4-2-1-3-8(10)7-11/h1-2,8H,3-7H2,(H,12,13). The van der Waals surface area contributed by atoms with Crippen molar-refractivity contribution in [3.05, 3.63) is 12.2 Å². The molecular weight excluding hydrogens is 168 g/mol. The molecule has 1 unspecified atom stereocenters. The molecule has 1 amide bonds. The molecule has 4 nitrogen and oxygen atoms in total. The predicted octanol–water partition coefficient (Wildman–Crippen LogP) is 0.611. The van der Waals surface area contributed by atoms with Crippen molar-refractivity contribution in [3.63, 3.8) is 0 Å². The number of rotatable bonds is 0. The van der Waals surface area contributed by atoms with E-state index in [2.05, 4.69) is 17.1 Å². The molecule has 1 N–H and O–H groups in total. The molecule has 72 valence electrons. The van der Waals surface area contributed by atoms with Crippen LogP contribution >= 0.6 is 0 Å². The van der Waals surface area contributed by atoms with E-state index in [0.717, 1.165) is 19.5 Å². The van der Waals surface area contributed by atoms with Crippen LogP contribution in [-0.2, 0) is 0 Å². The molecule has 13 heavy (non-hydrogen) atoms. The van der Waals surface area contributed by atoms with E-state index in [4.69, 9.17) is 5.11 Å². The zero-order valence-electron chi connectivity index (χ0n) is 7.52. The lowest BCUT2D eigenvalue weighted by atomic mass is 10.1. The Morgan fingerprint density at radius 2 is 2.23 bits per heavy atom. The molecule has 4 heteroatoms. The summed E-state index contributed by atoms with van der Waals surface area (Å²) in [5.74, 6) is 0. The number of amides is 1. The minimum atomic E-state index is -0.783. The molecule has 2 heterocycles. The summed E-state index contributed by atoms with van der Waals surface area (Å²) in [5, 5.41) is 8.82. The minimum absolute atomic E-state index is 0.412. The summed E-state index contributed by atoms with van der Waals surface area (Å²) in [6, 6.07) is 0.412. The maximum absolute atomic E-state index is 10.7. The first-order valence-electron chi connectivity index (χ1n) is 4.64. The van der Waals surface area contributed by atoms with Gasteiger partial charge in [0.15, 0.2) is 0 Å². The Kier molecular flexibility index (Phi) is 2.22. The van der Waals surface area contributed by atoms with E-state index in [1.807, 2.05) is 0 Å². The zero-order chi connectivity index (χ0) is 9.26. The third-order valence-electron chi connectivity index (χ3n) is 2.79. The number of piperazine rings is 1. The van der Waals surface area contributed by atoms with Gasteiger partial charge in [-0.1, -0.05) is 12.2 Å². The largest absolute Gasteiger partial charge is 0.465 e. The highest BCUT2D eigenvalue weighted by atomic mass is 16.4. The molecular formula is C9H14N2O2. The SMILES string of the molecule is O=C(O)N1CCN2CC=CCC2C1. The van der Waals surface area contributed by atoms with Crippen molar-refractivity contribution in [2.24, 2.45) is 0 Å². The first-order chi connectivity index (χ1) is 6.27. The van der Waals surface area contributed by atoms with Gasteiger partial charge in [-0.25, -0.2) is 4.79 Å². The van der Waals surface area contributed by atoms with Crippen LogP contribution in [-0.4, -0.2) is 53.2 Å². The predicted molar refractivity (Wildman–Crippen MR) is 48.7 cm³/mol. The highest BCUT2D eigenvalue weighted by molar-refractivity contribution is 5.65. The van der Waals surface area contributed by atoms with Gasteiger partial charge in [0.1, 0.15) is 0 Å². The van der Waals surface area contributed by atoms with E-state index in [-0.39, 0.29) is 0 Å². The molecule has 0 bridgehead atoms. The molecule has 1 saturated heterocycles. The summed E-state index contributed by atoms with van der Waals surface area (Å²) in [5.41, 5.74) is 0. The summed E-state index contributed by atoms with van der Waals surface area (Å²) >= 11 is 0. The van der Waals surface area contributed by atoms with E-state index in [0.29, 0.717) is 19.1 Å². The topological polar surface area (TPSA) is 43.8 Å². The Morgan fingerprint density at radius 1 is 1.38 bits per heavy atom. The Morgan fingerprint density at radius 3 is 3.00 bits per heavy atom. The maximum Gasteiger partial charge on any atom is 0.407 e. The second kappa shape index (κ2) is 3.38. The Balaban J connectivity index is 1.99. The fourth-order valence-corrected chi connectivity index (χ4v) is 1.99. The van der Waals surface area contributed by atoms with Gasteiger partial charge in [0.25, 0.3) is 0 Å². The lowest BCUT2D eigenvalue weighted by molar-refractivity contribution is 0.0730. The van der Waals surface area contributed by atoms with Crippen molar-refractivity contribution in [1.29, 1.82) is 0 Å². The Hall–Kier alpha value is -1.03. The summed E-state index contributed by atoms with van der Waals surface area (Å²) in [4.78, 5) is 14.6. The van der Waals surface area contributed by atoms with Crippen LogP contribution in [0.5, 0.6) is 0 Å². The number of carboxylic acid groups (broad SMARTS) is 1. The average Bonchev–Trinajstić information content (AvgIpc) is 2.17. The second-order valence-corrected chi connectivity index (χ2v) is 3.58. The second-order valence-electron chi connectivity index (χ2n) is 3.58. The van der Waals surface area contributed by atoms with Gasteiger partial charge in [0, 0.05) is 32.2 Å². The molecule has 0 spiro atoms. The summed E-state index contributed by atoms with van der Waals surface area (Å²) in [7, 11) is 0. The molecule has 2 rings (SSSR count). The van der Waals surface area contributed by atoms with E-state index in [1.54, 1.807) is 0 Å². The van der Waals surface area contributed by atoms with Crippen molar-refractivity contribution in [3.8, 4) is 0 Å². The number of hydrogen-bond donors (Lipinski definition) is 1. The molecule has 1 atom stereocenters. The molecule has 0 aromatic rings. The maximum atomic E-state index is 10.7. The van der Waals surface area contributed by atoms with Crippen molar-refractivity contribution >= 4 is 6.09 Å². The molecule has 0 aromatic carbocycles. The third kappa shape index (κ3) is 1.67. The van der Waals surface area contributed by atoms with Gasteiger partial charge >= 0.3 is 6.09 Å². The Labute approximate surface area is 77.4 Å². The van der Waals surface area contributed by atoms with E-state index < -0.39 is 6.09 Å². The van der Waals surface area contributed by atoms with E-state index in [1.165, 1.54) is 4.90 Å². The molecule has 2 aliphatic heterocycles. The van der Waals surface area contributed by atoms with Crippen LogP contribution in [0.4, 0.5) is 4.79 Å². The highest BCUT2D eigenvalue weighted by Gasteiger charge is 2.28. The van der Waals surface area contributed by atoms with E-state index in [9.17, 15) is 4.79 Å². The third-order valence-corrected chi connectivity index (χ3v) is 2.79. The first kappa shape index (κ1) is 8.56. The van der Waals surface area contributed by atoms with Crippen LogP contribution in [0, 0.1) is 0 Å². The summed E-state index contributed by atoms with van der Waals surface area (Å²) in [6.07, 6.45) is 4.51. The van der Waals surface area contributed by atoms with E-state index >= 15 is 0 Å². The van der Waals surface area contributed by atoms with Crippen LogP contribution in [0.15, 0.2) is 12.2 Å². The number of nitrogens with zero attached hydrogens (tertiary/aromatic N) is 2. The summed E-state index contributed by atoms with van der Waals surface area (Å²) in [6.45, 7) is 3.18. The summed E-state index contributed by atoms with van der Waals surface area (Å²) < 4.78 is 0. The number of carbonyl (C=O) groups is 1. The molecule has 0 radical (unpaired) electrons.